The van der Waals surface area contributed by atoms with Gasteiger partial charge in [-0.05, 0) is 37.0 Å². The lowest BCUT2D eigenvalue weighted by molar-refractivity contribution is -0.144. The van der Waals surface area contributed by atoms with Gasteiger partial charge in [-0.1, -0.05) is 24.3 Å². The Kier molecular flexibility index (Phi) is 6.51. The van der Waals surface area contributed by atoms with Crippen LogP contribution in [0.2, 0.25) is 0 Å². The van der Waals surface area contributed by atoms with Crippen LogP contribution in [-0.2, 0) is 39.7 Å². The average molecular weight is 470 g/mol. The summed E-state index contributed by atoms with van der Waals surface area (Å²) >= 11 is 0. The first-order valence-electron chi connectivity index (χ1n) is 9.48. The van der Waals surface area contributed by atoms with Crippen LogP contribution in [0, 0.1) is 13.8 Å². The van der Waals surface area contributed by atoms with Gasteiger partial charge in [-0.15, -0.1) is 5.10 Å². The molecule has 0 aliphatic heterocycles. The van der Waals surface area contributed by atoms with Crippen molar-refractivity contribution < 1.29 is 26.4 Å². The maximum Gasteiger partial charge on any atom is 0.453 e. The molecule has 1 amide bonds. The van der Waals surface area contributed by atoms with Crippen LogP contribution < -0.4 is 10.5 Å². The number of primary sulfonamides is 1. The zero-order valence-electron chi connectivity index (χ0n) is 17.3. The van der Waals surface area contributed by atoms with Crippen molar-refractivity contribution in [3.8, 4) is 0 Å². The number of aryl methyl sites for hydroxylation is 2. The predicted molar refractivity (Wildman–Crippen MR) is 109 cm³/mol. The monoisotopic (exact) mass is 470 g/mol. The van der Waals surface area contributed by atoms with Gasteiger partial charge < -0.3 is 5.32 Å². The van der Waals surface area contributed by atoms with E-state index in [4.69, 9.17) is 5.14 Å². The summed E-state index contributed by atoms with van der Waals surface area (Å²) in [4.78, 5) is 19.8. The zero-order valence-corrected chi connectivity index (χ0v) is 18.1. The Labute approximate surface area is 181 Å². The number of fused-ring (bicyclic) bond motifs is 1. The topological polar surface area (TPSA) is 132 Å². The largest absolute Gasteiger partial charge is 0.453 e. The van der Waals surface area contributed by atoms with Crippen LogP contribution in [-0.4, -0.2) is 33.9 Å². The Morgan fingerprint density at radius 2 is 1.75 bits per heavy atom. The molecule has 3 rings (SSSR count). The fourth-order valence-corrected chi connectivity index (χ4v) is 3.86. The zero-order chi connectivity index (χ0) is 23.7. The third-order valence-corrected chi connectivity index (χ3v) is 5.52. The van der Waals surface area contributed by atoms with E-state index < -0.39 is 22.0 Å². The first-order chi connectivity index (χ1) is 14.8. The van der Waals surface area contributed by atoms with E-state index in [2.05, 4.69) is 20.4 Å². The van der Waals surface area contributed by atoms with E-state index in [1.165, 1.54) is 0 Å². The van der Waals surface area contributed by atoms with Crippen molar-refractivity contribution in [1.82, 2.24) is 24.9 Å². The van der Waals surface area contributed by atoms with Crippen LogP contribution in [0.25, 0.3) is 5.78 Å². The standard InChI is InChI=1S/C19H21F3N6O3S/c1-11-15(12(2)28-18(25-11)26-17(27-28)19(20,21)22)7-8-16(29)24-9-13-3-5-14(6-4-13)10-32(23,30)31/h3-6H,7-10H2,1-2H3,(H,24,29)(H2,23,30,31). The number of alkyl halides is 3. The number of halogens is 3. The molecule has 0 aliphatic rings. The van der Waals surface area contributed by atoms with Crippen molar-refractivity contribution >= 4 is 21.7 Å². The van der Waals surface area contributed by atoms with E-state index >= 15 is 0 Å². The fourth-order valence-electron chi connectivity index (χ4n) is 3.20. The van der Waals surface area contributed by atoms with Crippen LogP contribution >= 0.6 is 0 Å². The van der Waals surface area contributed by atoms with E-state index in [9.17, 15) is 26.4 Å². The molecule has 0 atom stereocenters. The molecule has 3 aromatic rings. The van der Waals surface area contributed by atoms with Crippen LogP contribution in [0.4, 0.5) is 13.2 Å². The molecule has 0 radical (unpaired) electrons. The second kappa shape index (κ2) is 8.82. The summed E-state index contributed by atoms with van der Waals surface area (Å²) in [6.45, 7) is 3.49. The highest BCUT2D eigenvalue weighted by Crippen LogP contribution is 2.27. The van der Waals surface area contributed by atoms with Gasteiger partial charge in [-0.25, -0.2) is 23.1 Å². The van der Waals surface area contributed by atoms with Crippen molar-refractivity contribution in [2.45, 2.75) is 45.2 Å². The summed E-state index contributed by atoms with van der Waals surface area (Å²) in [6, 6.07) is 6.62. The summed E-state index contributed by atoms with van der Waals surface area (Å²) in [5, 5.41) is 11.3. The summed E-state index contributed by atoms with van der Waals surface area (Å²) in [5.74, 6) is -1.94. The van der Waals surface area contributed by atoms with Crippen molar-refractivity contribution in [2.75, 3.05) is 0 Å². The molecule has 1 aromatic carbocycles. The number of hydrogen-bond donors (Lipinski definition) is 2. The molecule has 3 N–H and O–H groups in total. The molecule has 9 nitrogen and oxygen atoms in total. The Balaban J connectivity index is 1.62. The smallest absolute Gasteiger partial charge is 0.352 e. The van der Waals surface area contributed by atoms with Gasteiger partial charge in [0.25, 0.3) is 11.6 Å². The van der Waals surface area contributed by atoms with Crippen LogP contribution in [0.3, 0.4) is 0 Å². The highest BCUT2D eigenvalue weighted by Gasteiger charge is 2.36. The number of rotatable bonds is 7. The van der Waals surface area contributed by atoms with Gasteiger partial charge in [0, 0.05) is 24.4 Å². The van der Waals surface area contributed by atoms with Crippen LogP contribution in [0.5, 0.6) is 0 Å². The number of hydrogen-bond acceptors (Lipinski definition) is 6. The molecule has 0 saturated carbocycles. The van der Waals surface area contributed by atoms with Gasteiger partial charge in [-0.2, -0.15) is 18.2 Å². The second-order valence-corrected chi connectivity index (χ2v) is 8.92. The SMILES string of the molecule is Cc1nc2nc(C(F)(F)F)nn2c(C)c1CCC(=O)NCc1ccc(CS(N)(=O)=O)cc1. The molecule has 0 saturated heterocycles. The number of nitrogens with zero attached hydrogens (tertiary/aromatic N) is 4. The van der Waals surface area contributed by atoms with Crippen LogP contribution in [0.1, 0.15) is 40.3 Å². The highest BCUT2D eigenvalue weighted by molar-refractivity contribution is 7.88. The first-order valence-corrected chi connectivity index (χ1v) is 11.2. The lowest BCUT2D eigenvalue weighted by Crippen LogP contribution is -2.23. The number of amides is 1. The molecule has 13 heteroatoms. The van der Waals surface area contributed by atoms with Crippen molar-refractivity contribution in [3.63, 3.8) is 0 Å². The van der Waals surface area contributed by atoms with Gasteiger partial charge in [0.2, 0.25) is 15.9 Å². The van der Waals surface area contributed by atoms with Gasteiger partial charge in [0.05, 0.1) is 5.75 Å². The number of benzene rings is 1. The summed E-state index contributed by atoms with van der Waals surface area (Å²) in [6.07, 6.45) is -4.31. The quantitative estimate of drug-likeness (QED) is 0.541. The Bertz CT molecular complexity index is 1250. The molecule has 0 spiro atoms. The minimum atomic E-state index is -4.68. The summed E-state index contributed by atoms with van der Waals surface area (Å²) in [7, 11) is -3.62. The maximum absolute atomic E-state index is 12.9. The van der Waals surface area contributed by atoms with Gasteiger partial charge in [-0.3, -0.25) is 4.79 Å². The van der Waals surface area contributed by atoms with Gasteiger partial charge in [0.1, 0.15) is 0 Å². The first kappa shape index (κ1) is 23.6. The summed E-state index contributed by atoms with van der Waals surface area (Å²) < 4.78 is 61.9. The van der Waals surface area contributed by atoms with E-state index in [-0.39, 0.29) is 36.8 Å². The Morgan fingerprint density at radius 3 is 2.34 bits per heavy atom. The maximum atomic E-state index is 12.9. The molecule has 2 heterocycles. The van der Waals surface area contributed by atoms with E-state index in [0.29, 0.717) is 22.5 Å². The number of sulfonamides is 1. The fraction of sp³-hybridized carbons (Fsp3) is 0.368. The molecular weight excluding hydrogens is 449 g/mol. The van der Waals surface area contributed by atoms with Gasteiger partial charge >= 0.3 is 6.18 Å². The molecular formula is C19H21F3N6O3S. The van der Waals surface area contributed by atoms with E-state index in [0.717, 1.165) is 10.1 Å². The van der Waals surface area contributed by atoms with Crippen molar-refractivity contribution in [2.24, 2.45) is 5.14 Å². The third-order valence-electron chi connectivity index (χ3n) is 4.79. The van der Waals surface area contributed by atoms with E-state index in [1.807, 2.05) is 0 Å². The van der Waals surface area contributed by atoms with Crippen LogP contribution in [0.15, 0.2) is 24.3 Å². The van der Waals surface area contributed by atoms with Crippen molar-refractivity contribution in [3.05, 3.63) is 58.2 Å². The molecule has 0 fully saturated rings. The molecule has 0 aliphatic carbocycles. The lowest BCUT2D eigenvalue weighted by atomic mass is 10.1. The summed E-state index contributed by atoms with van der Waals surface area (Å²) in [5.41, 5.74) is 2.86. The number of nitrogens with two attached hydrogens (primary N) is 1. The molecule has 2 aromatic heterocycles. The minimum absolute atomic E-state index is 0.0964. The number of nitrogens with one attached hydrogen (secondary N) is 1. The van der Waals surface area contributed by atoms with Crippen molar-refractivity contribution in [1.29, 1.82) is 0 Å². The third kappa shape index (κ3) is 5.79. The predicted octanol–water partition coefficient (Wildman–Crippen LogP) is 1.80. The highest BCUT2D eigenvalue weighted by atomic mass is 32.2. The number of carbonyl (C=O) groups excluding carboxylic acids is 1. The molecule has 0 bridgehead atoms. The minimum Gasteiger partial charge on any atom is -0.352 e. The average Bonchev–Trinajstić information content (AvgIpc) is 3.11. The molecule has 172 valence electrons. The van der Waals surface area contributed by atoms with E-state index in [1.54, 1.807) is 38.1 Å². The molecule has 32 heavy (non-hydrogen) atoms. The Hall–Kier alpha value is -3.06. The lowest BCUT2D eigenvalue weighted by Gasteiger charge is -2.11. The number of carbonyl (C=O) groups is 1. The van der Waals surface area contributed by atoms with Gasteiger partial charge in [0.15, 0.2) is 0 Å². The molecule has 0 unspecified atom stereocenters. The normalized spacial score (nSPS) is 12.3. The Morgan fingerprint density at radius 1 is 1.12 bits per heavy atom. The second-order valence-electron chi connectivity index (χ2n) is 7.31. The number of aromatic nitrogens is 4.